The van der Waals surface area contributed by atoms with Gasteiger partial charge in [-0.05, 0) is 25.1 Å². The molecule has 3 nitrogen and oxygen atoms in total. The van der Waals surface area contributed by atoms with Gasteiger partial charge in [0.15, 0.2) is 12.4 Å². The summed E-state index contributed by atoms with van der Waals surface area (Å²) in [7, 11) is 0. The van der Waals surface area contributed by atoms with Crippen molar-refractivity contribution in [2.24, 2.45) is 0 Å². The molecule has 0 saturated heterocycles. The second-order valence-electron chi connectivity index (χ2n) is 2.65. The Morgan fingerprint density at radius 1 is 1.64 bits per heavy atom. The van der Waals surface area contributed by atoms with Crippen molar-refractivity contribution in [2.75, 3.05) is 6.61 Å². The second-order valence-corrected chi connectivity index (χ2v) is 3.06. The number of ether oxygens (including phenoxy) is 1. The summed E-state index contributed by atoms with van der Waals surface area (Å²) in [5.41, 5.74) is 0.527. The predicted molar refractivity (Wildman–Crippen MR) is 52.6 cm³/mol. The first-order valence-corrected chi connectivity index (χ1v) is 4.33. The number of nitrogens with zero attached hydrogens (tertiary/aromatic N) is 1. The molecule has 0 aromatic heterocycles. The Morgan fingerprint density at radius 3 is 2.86 bits per heavy atom. The van der Waals surface area contributed by atoms with Crippen LogP contribution < -0.4 is 4.74 Å². The van der Waals surface area contributed by atoms with Gasteiger partial charge in [-0.1, -0.05) is 11.6 Å². The van der Waals surface area contributed by atoms with E-state index in [1.165, 1.54) is 13.0 Å². The average molecular weight is 210 g/mol. The van der Waals surface area contributed by atoms with Gasteiger partial charge in [0.25, 0.3) is 0 Å². The smallest absolute Gasteiger partial charge is 0.174 e. The van der Waals surface area contributed by atoms with Crippen LogP contribution in [-0.2, 0) is 0 Å². The molecule has 0 aliphatic rings. The molecule has 0 amide bonds. The number of carbonyl (C=O) groups is 1. The summed E-state index contributed by atoms with van der Waals surface area (Å²) in [6.45, 7) is 1.40. The zero-order valence-corrected chi connectivity index (χ0v) is 8.34. The van der Waals surface area contributed by atoms with Crippen LogP contribution in [0, 0.1) is 11.3 Å². The topological polar surface area (TPSA) is 50.1 Å². The van der Waals surface area contributed by atoms with E-state index in [4.69, 9.17) is 21.6 Å². The van der Waals surface area contributed by atoms with Gasteiger partial charge in [0.1, 0.15) is 11.8 Å². The van der Waals surface area contributed by atoms with E-state index in [1.54, 1.807) is 12.1 Å². The van der Waals surface area contributed by atoms with E-state index in [2.05, 4.69) is 0 Å². The van der Waals surface area contributed by atoms with Gasteiger partial charge in [0, 0.05) is 5.56 Å². The minimum absolute atomic E-state index is 0.0564. The highest BCUT2D eigenvalue weighted by atomic mass is 35.5. The fraction of sp³-hybridized carbons (Fsp3) is 0.200. The quantitative estimate of drug-likeness (QED) is 0.719. The van der Waals surface area contributed by atoms with Crippen LogP contribution in [0.2, 0.25) is 5.02 Å². The summed E-state index contributed by atoms with van der Waals surface area (Å²) < 4.78 is 5.02. The third-order valence-electron chi connectivity index (χ3n) is 1.63. The molecule has 0 N–H and O–H groups in total. The highest BCUT2D eigenvalue weighted by molar-refractivity contribution is 6.32. The Labute approximate surface area is 86.9 Å². The molecule has 1 aromatic rings. The van der Waals surface area contributed by atoms with Crippen LogP contribution in [0.1, 0.15) is 17.3 Å². The van der Waals surface area contributed by atoms with E-state index in [-0.39, 0.29) is 12.4 Å². The molecule has 0 aliphatic carbocycles. The van der Waals surface area contributed by atoms with Gasteiger partial charge in [0.05, 0.1) is 5.02 Å². The van der Waals surface area contributed by atoms with Crippen molar-refractivity contribution in [3.05, 3.63) is 28.8 Å². The van der Waals surface area contributed by atoms with Crippen molar-refractivity contribution < 1.29 is 9.53 Å². The van der Waals surface area contributed by atoms with Crippen LogP contribution in [0.15, 0.2) is 18.2 Å². The highest BCUT2D eigenvalue weighted by Crippen LogP contribution is 2.25. The Morgan fingerprint density at radius 2 is 2.36 bits per heavy atom. The number of carbonyl (C=O) groups excluding carboxylic acids is 1. The third kappa shape index (κ3) is 2.48. The van der Waals surface area contributed by atoms with Crippen molar-refractivity contribution in [3.63, 3.8) is 0 Å². The van der Waals surface area contributed by atoms with Crippen LogP contribution >= 0.6 is 11.6 Å². The summed E-state index contributed by atoms with van der Waals surface area (Å²) in [5, 5.41) is 8.63. The summed E-state index contributed by atoms with van der Waals surface area (Å²) in [4.78, 5) is 11.0. The van der Waals surface area contributed by atoms with E-state index >= 15 is 0 Å². The standard InChI is InChI=1S/C10H8ClNO2/c1-7(13)8-2-3-10(9(11)6-8)14-5-4-12/h2-3,6H,5H2,1H3. The molecule has 0 heterocycles. The molecule has 0 spiro atoms. The monoisotopic (exact) mass is 209 g/mol. The highest BCUT2D eigenvalue weighted by Gasteiger charge is 2.05. The summed E-state index contributed by atoms with van der Waals surface area (Å²) in [6.07, 6.45) is 0. The zero-order valence-electron chi connectivity index (χ0n) is 7.58. The SMILES string of the molecule is CC(=O)c1ccc(OCC#N)c(Cl)c1. The minimum Gasteiger partial charge on any atom is -0.477 e. The first-order valence-electron chi connectivity index (χ1n) is 3.95. The molecule has 0 radical (unpaired) electrons. The van der Waals surface area contributed by atoms with Crippen molar-refractivity contribution >= 4 is 17.4 Å². The Balaban J connectivity index is 2.91. The predicted octanol–water partition coefficient (Wildman–Crippen LogP) is 2.44. The summed E-state index contributed by atoms with van der Waals surface area (Å²) >= 11 is 5.82. The third-order valence-corrected chi connectivity index (χ3v) is 1.93. The van der Waals surface area contributed by atoms with Crippen LogP contribution in [-0.4, -0.2) is 12.4 Å². The molecule has 0 aliphatic heterocycles. The lowest BCUT2D eigenvalue weighted by Gasteiger charge is -2.04. The molecule has 4 heteroatoms. The molecule has 0 bridgehead atoms. The van der Waals surface area contributed by atoms with Gasteiger partial charge in [-0.3, -0.25) is 4.79 Å². The first-order chi connectivity index (χ1) is 6.65. The number of benzene rings is 1. The van der Waals surface area contributed by atoms with E-state index in [0.29, 0.717) is 16.3 Å². The Bertz CT molecular complexity index is 396. The minimum atomic E-state index is -0.0567. The number of hydrogen-bond acceptors (Lipinski definition) is 3. The molecule has 1 rings (SSSR count). The normalized spacial score (nSPS) is 9.21. The maximum absolute atomic E-state index is 11.0. The molecular weight excluding hydrogens is 202 g/mol. The number of hydrogen-bond donors (Lipinski definition) is 0. The fourth-order valence-electron chi connectivity index (χ4n) is 0.947. The molecule has 14 heavy (non-hydrogen) atoms. The van der Waals surface area contributed by atoms with E-state index < -0.39 is 0 Å². The van der Waals surface area contributed by atoms with Crippen molar-refractivity contribution in [1.29, 1.82) is 5.26 Å². The van der Waals surface area contributed by atoms with Crippen molar-refractivity contribution in [3.8, 4) is 11.8 Å². The average Bonchev–Trinajstić information content (AvgIpc) is 2.15. The van der Waals surface area contributed by atoms with Gasteiger partial charge in [-0.2, -0.15) is 5.26 Å². The second kappa shape index (κ2) is 4.64. The van der Waals surface area contributed by atoms with E-state index in [0.717, 1.165) is 0 Å². The lowest BCUT2D eigenvalue weighted by atomic mass is 10.1. The van der Waals surface area contributed by atoms with Gasteiger partial charge in [0.2, 0.25) is 0 Å². The zero-order chi connectivity index (χ0) is 10.6. The maximum Gasteiger partial charge on any atom is 0.174 e. The molecule has 0 fully saturated rings. The Hall–Kier alpha value is -1.53. The van der Waals surface area contributed by atoms with Crippen molar-refractivity contribution in [1.82, 2.24) is 0 Å². The van der Waals surface area contributed by atoms with Gasteiger partial charge in [-0.15, -0.1) is 0 Å². The number of halogens is 1. The van der Waals surface area contributed by atoms with E-state index in [9.17, 15) is 4.79 Å². The molecule has 72 valence electrons. The maximum atomic E-state index is 11.0. The van der Waals surface area contributed by atoms with Crippen LogP contribution in [0.4, 0.5) is 0 Å². The van der Waals surface area contributed by atoms with Crippen LogP contribution in [0.5, 0.6) is 5.75 Å². The fourth-order valence-corrected chi connectivity index (χ4v) is 1.18. The Kier molecular flexibility index (Phi) is 3.49. The van der Waals surface area contributed by atoms with E-state index in [1.807, 2.05) is 6.07 Å². The molecular formula is C10H8ClNO2. The lowest BCUT2D eigenvalue weighted by Crippen LogP contribution is -1.96. The molecule has 0 saturated carbocycles. The largest absolute Gasteiger partial charge is 0.477 e. The summed E-state index contributed by atoms with van der Waals surface area (Å²) in [5.74, 6) is 0.358. The molecule has 1 aromatic carbocycles. The van der Waals surface area contributed by atoms with Crippen LogP contribution in [0.3, 0.4) is 0 Å². The number of ketones is 1. The van der Waals surface area contributed by atoms with Gasteiger partial charge in [-0.25, -0.2) is 0 Å². The van der Waals surface area contributed by atoms with Crippen LogP contribution in [0.25, 0.3) is 0 Å². The summed E-state index contributed by atoms with van der Waals surface area (Å²) in [6, 6.07) is 6.55. The lowest BCUT2D eigenvalue weighted by molar-refractivity contribution is 0.101. The number of Topliss-reactive ketones (excluding diaryl/α,β-unsaturated/α-hetero) is 1. The first kappa shape index (κ1) is 10.6. The van der Waals surface area contributed by atoms with Gasteiger partial charge >= 0.3 is 0 Å². The number of rotatable bonds is 3. The van der Waals surface area contributed by atoms with Crippen molar-refractivity contribution in [2.45, 2.75) is 6.92 Å². The molecule has 0 atom stereocenters. The number of nitriles is 1. The van der Waals surface area contributed by atoms with Gasteiger partial charge < -0.3 is 4.74 Å². The molecule has 0 unspecified atom stereocenters.